The normalized spacial score (nSPS) is 21.7. The van der Waals surface area contributed by atoms with Crippen molar-refractivity contribution >= 4 is 5.91 Å². The molecule has 2 aromatic rings. The van der Waals surface area contributed by atoms with E-state index >= 15 is 0 Å². The Morgan fingerprint density at radius 2 is 2.39 bits per heavy atom. The Morgan fingerprint density at radius 3 is 3.04 bits per heavy atom. The zero-order chi connectivity index (χ0) is 16.4. The molecule has 8 heteroatoms. The molecule has 0 bridgehead atoms. The molecule has 23 heavy (non-hydrogen) atoms. The monoisotopic (exact) mass is 321 g/mol. The topological polar surface area (TPSA) is 76.2 Å². The smallest absolute Gasteiger partial charge is 0.273 e. The van der Waals surface area contributed by atoms with Gasteiger partial charge in [-0.1, -0.05) is 0 Å². The lowest BCUT2D eigenvalue weighted by molar-refractivity contribution is 0.0933. The fourth-order valence-electron chi connectivity index (χ4n) is 2.91. The van der Waals surface area contributed by atoms with Crippen LogP contribution >= 0.6 is 0 Å². The van der Waals surface area contributed by atoms with E-state index in [2.05, 4.69) is 15.4 Å². The number of hydrogen-bond donors (Lipinski definition) is 1. The molecule has 0 aromatic carbocycles. The van der Waals surface area contributed by atoms with Crippen LogP contribution in [0.15, 0.2) is 23.1 Å². The molecule has 7 nitrogen and oxygen atoms in total. The number of carbonyl (C=O) groups excluding carboxylic acids is 1. The Kier molecular flexibility index (Phi) is 4.42. The maximum atomic E-state index is 13.8. The molecule has 0 aliphatic carbocycles. The van der Waals surface area contributed by atoms with E-state index in [-0.39, 0.29) is 17.6 Å². The lowest BCUT2D eigenvalue weighted by Crippen LogP contribution is -2.40. The van der Waals surface area contributed by atoms with Gasteiger partial charge in [-0.25, -0.2) is 9.37 Å². The molecular formula is C15H20FN5O2. The minimum Gasteiger partial charge on any atom is -0.448 e. The van der Waals surface area contributed by atoms with Gasteiger partial charge in [-0.3, -0.25) is 14.4 Å². The third-order valence-corrected chi connectivity index (χ3v) is 4.22. The van der Waals surface area contributed by atoms with Gasteiger partial charge in [0.05, 0.1) is 5.69 Å². The predicted molar refractivity (Wildman–Crippen MR) is 80.5 cm³/mol. The van der Waals surface area contributed by atoms with Crippen LogP contribution in [0, 0.1) is 6.92 Å². The van der Waals surface area contributed by atoms with Crippen molar-refractivity contribution in [3.8, 4) is 0 Å². The quantitative estimate of drug-likeness (QED) is 0.891. The van der Waals surface area contributed by atoms with Crippen molar-refractivity contribution in [1.29, 1.82) is 0 Å². The van der Waals surface area contributed by atoms with Crippen LogP contribution < -0.4 is 5.32 Å². The summed E-state index contributed by atoms with van der Waals surface area (Å²) in [7, 11) is 1.86. The maximum Gasteiger partial charge on any atom is 0.273 e. The number of carbonyl (C=O) groups is 1. The highest BCUT2D eigenvalue weighted by Gasteiger charge is 2.32. The van der Waals surface area contributed by atoms with Crippen molar-refractivity contribution in [1.82, 2.24) is 25.0 Å². The lowest BCUT2D eigenvalue weighted by Gasteiger charge is -2.24. The van der Waals surface area contributed by atoms with Gasteiger partial charge in [0, 0.05) is 38.9 Å². The van der Waals surface area contributed by atoms with Crippen LogP contribution in [0.3, 0.4) is 0 Å². The molecule has 1 saturated heterocycles. The molecular weight excluding hydrogens is 301 g/mol. The standard InChI is InChI=1S/C15H20FN5O2/c1-10-14(18-9-23-10)15(22)17-6-13-5-11(16)7-21(13)8-12-3-4-19-20(12)2/h3-4,9,11,13H,5-8H2,1-2H3,(H,17,22)/t11-,13-/m0/s1. The van der Waals surface area contributed by atoms with Crippen molar-refractivity contribution in [2.75, 3.05) is 13.1 Å². The number of nitrogens with one attached hydrogen (secondary N) is 1. The summed E-state index contributed by atoms with van der Waals surface area (Å²) >= 11 is 0. The number of oxazole rings is 1. The van der Waals surface area contributed by atoms with Crippen LogP contribution in [-0.2, 0) is 13.6 Å². The number of likely N-dealkylation sites (tertiary alicyclic amines) is 1. The van der Waals surface area contributed by atoms with Crippen LogP contribution in [0.25, 0.3) is 0 Å². The first-order chi connectivity index (χ1) is 11.0. The van der Waals surface area contributed by atoms with Crippen LogP contribution in [0.2, 0.25) is 0 Å². The maximum absolute atomic E-state index is 13.8. The Balaban J connectivity index is 1.60. The van der Waals surface area contributed by atoms with Gasteiger partial charge >= 0.3 is 0 Å². The molecule has 2 aromatic heterocycles. The van der Waals surface area contributed by atoms with Crippen LogP contribution in [-0.4, -0.2) is 50.9 Å². The molecule has 1 N–H and O–H groups in total. The summed E-state index contributed by atoms with van der Waals surface area (Å²) in [5.41, 5.74) is 1.29. The summed E-state index contributed by atoms with van der Waals surface area (Å²) in [4.78, 5) is 18.0. The number of hydrogen-bond acceptors (Lipinski definition) is 5. The van der Waals surface area contributed by atoms with Gasteiger partial charge in [0.15, 0.2) is 12.1 Å². The van der Waals surface area contributed by atoms with Crippen LogP contribution in [0.4, 0.5) is 4.39 Å². The minimum absolute atomic E-state index is 0.0453. The number of nitrogens with zero attached hydrogens (tertiary/aromatic N) is 4. The van der Waals surface area contributed by atoms with Crippen molar-refractivity contribution in [2.24, 2.45) is 7.05 Å². The molecule has 0 unspecified atom stereocenters. The van der Waals surface area contributed by atoms with E-state index in [4.69, 9.17) is 4.42 Å². The van der Waals surface area contributed by atoms with Crippen LogP contribution in [0.5, 0.6) is 0 Å². The Bertz CT molecular complexity index is 683. The molecule has 3 rings (SSSR count). The van der Waals surface area contributed by atoms with E-state index < -0.39 is 6.17 Å². The van der Waals surface area contributed by atoms with Gasteiger partial charge in [0.1, 0.15) is 11.9 Å². The molecule has 0 saturated carbocycles. The second kappa shape index (κ2) is 6.49. The molecule has 2 atom stereocenters. The molecule has 0 radical (unpaired) electrons. The van der Waals surface area contributed by atoms with Crippen molar-refractivity contribution in [3.63, 3.8) is 0 Å². The average Bonchev–Trinajstić information content (AvgIpc) is 3.19. The Labute approximate surface area is 133 Å². The molecule has 0 spiro atoms. The third-order valence-electron chi connectivity index (χ3n) is 4.22. The summed E-state index contributed by atoms with van der Waals surface area (Å²) in [6, 6.07) is 1.87. The van der Waals surface area contributed by atoms with E-state index in [1.54, 1.807) is 17.8 Å². The van der Waals surface area contributed by atoms with Crippen molar-refractivity contribution in [3.05, 3.63) is 35.8 Å². The zero-order valence-corrected chi connectivity index (χ0v) is 13.2. The Hall–Kier alpha value is -2.22. The summed E-state index contributed by atoms with van der Waals surface area (Å²) in [6.45, 7) is 3.04. The van der Waals surface area contributed by atoms with Gasteiger partial charge in [-0.15, -0.1) is 0 Å². The van der Waals surface area contributed by atoms with Gasteiger partial charge in [0.25, 0.3) is 5.91 Å². The molecule has 1 amide bonds. The molecule has 1 aliphatic heterocycles. The van der Waals surface area contributed by atoms with E-state index in [1.807, 2.05) is 18.0 Å². The largest absolute Gasteiger partial charge is 0.448 e. The van der Waals surface area contributed by atoms with Gasteiger partial charge in [-0.2, -0.15) is 5.10 Å². The van der Waals surface area contributed by atoms with E-state index in [9.17, 15) is 9.18 Å². The highest BCUT2D eigenvalue weighted by Crippen LogP contribution is 2.22. The van der Waals surface area contributed by atoms with Crippen LogP contribution in [0.1, 0.15) is 28.4 Å². The van der Waals surface area contributed by atoms with Crippen molar-refractivity contribution in [2.45, 2.75) is 32.1 Å². The minimum atomic E-state index is -0.876. The lowest BCUT2D eigenvalue weighted by atomic mass is 10.2. The Morgan fingerprint density at radius 1 is 1.57 bits per heavy atom. The predicted octanol–water partition coefficient (Wildman–Crippen LogP) is 1.06. The highest BCUT2D eigenvalue weighted by molar-refractivity contribution is 5.93. The zero-order valence-electron chi connectivity index (χ0n) is 13.2. The van der Waals surface area contributed by atoms with Gasteiger partial charge in [-0.05, 0) is 19.4 Å². The number of alkyl halides is 1. The third kappa shape index (κ3) is 3.42. The molecule has 1 aliphatic rings. The summed E-state index contributed by atoms with van der Waals surface area (Å²) in [5, 5.41) is 6.95. The van der Waals surface area contributed by atoms with E-state index in [0.717, 1.165) is 5.69 Å². The number of aryl methyl sites for hydroxylation is 2. The number of rotatable bonds is 5. The van der Waals surface area contributed by atoms with Crippen molar-refractivity contribution < 1.29 is 13.6 Å². The fraction of sp³-hybridized carbons (Fsp3) is 0.533. The number of halogens is 1. The first kappa shape index (κ1) is 15.7. The van der Waals surface area contributed by atoms with Gasteiger partial charge in [0.2, 0.25) is 0 Å². The molecule has 1 fully saturated rings. The SMILES string of the molecule is Cc1ocnc1C(=O)NC[C@@H]1C[C@H](F)CN1Cc1ccnn1C. The summed E-state index contributed by atoms with van der Waals surface area (Å²) in [6.07, 6.45) is 2.50. The fourth-order valence-corrected chi connectivity index (χ4v) is 2.91. The first-order valence-electron chi connectivity index (χ1n) is 7.58. The summed E-state index contributed by atoms with van der Waals surface area (Å²) in [5.74, 6) is 0.183. The first-order valence-corrected chi connectivity index (χ1v) is 7.58. The molecule has 3 heterocycles. The summed E-state index contributed by atoms with van der Waals surface area (Å²) < 4.78 is 20.6. The average molecular weight is 321 g/mol. The second-order valence-electron chi connectivity index (χ2n) is 5.83. The van der Waals surface area contributed by atoms with E-state index in [0.29, 0.717) is 31.8 Å². The number of aromatic nitrogens is 3. The molecule has 124 valence electrons. The van der Waals surface area contributed by atoms with Gasteiger partial charge < -0.3 is 9.73 Å². The highest BCUT2D eigenvalue weighted by atomic mass is 19.1. The number of amides is 1. The van der Waals surface area contributed by atoms with E-state index in [1.165, 1.54) is 6.39 Å². The second-order valence-corrected chi connectivity index (χ2v) is 5.83.